The fraction of sp³-hybridized carbons (Fsp3) is 0.917. The minimum absolute atomic E-state index is 0.148. The standard InChI is InChI=1S/C12H23NO2/c1-3-13(12(14)15-4-2)10-11-8-6-5-7-9-11/h11H,3-10H2,1-2H3. The van der Waals surface area contributed by atoms with Crippen molar-refractivity contribution in [2.45, 2.75) is 46.0 Å². The lowest BCUT2D eigenvalue weighted by atomic mass is 9.89. The molecule has 0 spiro atoms. The predicted octanol–water partition coefficient (Wildman–Crippen LogP) is 3.05. The normalized spacial score (nSPS) is 17.5. The van der Waals surface area contributed by atoms with E-state index in [-0.39, 0.29) is 6.09 Å². The van der Waals surface area contributed by atoms with Gasteiger partial charge in [-0.05, 0) is 32.6 Å². The first-order chi connectivity index (χ1) is 7.27. The van der Waals surface area contributed by atoms with Gasteiger partial charge in [-0.1, -0.05) is 19.3 Å². The van der Waals surface area contributed by atoms with Crippen molar-refractivity contribution in [1.29, 1.82) is 0 Å². The molecule has 1 amide bonds. The topological polar surface area (TPSA) is 29.5 Å². The van der Waals surface area contributed by atoms with Crippen molar-refractivity contribution >= 4 is 6.09 Å². The van der Waals surface area contributed by atoms with E-state index in [2.05, 4.69) is 0 Å². The van der Waals surface area contributed by atoms with Crippen molar-refractivity contribution in [2.24, 2.45) is 5.92 Å². The van der Waals surface area contributed by atoms with Gasteiger partial charge in [0.2, 0.25) is 0 Å². The second kappa shape index (κ2) is 6.70. The summed E-state index contributed by atoms with van der Waals surface area (Å²) in [6.45, 7) is 5.98. The molecule has 0 unspecified atom stereocenters. The minimum atomic E-state index is -0.148. The SMILES string of the molecule is CCOC(=O)N(CC)CC1CCCCC1. The van der Waals surface area contributed by atoms with E-state index in [9.17, 15) is 4.79 Å². The highest BCUT2D eigenvalue weighted by molar-refractivity contribution is 5.67. The monoisotopic (exact) mass is 213 g/mol. The van der Waals surface area contributed by atoms with Gasteiger partial charge in [0.25, 0.3) is 0 Å². The molecule has 88 valence electrons. The summed E-state index contributed by atoms with van der Waals surface area (Å²) < 4.78 is 5.02. The number of carbonyl (C=O) groups is 1. The van der Waals surface area contributed by atoms with Crippen LogP contribution >= 0.6 is 0 Å². The summed E-state index contributed by atoms with van der Waals surface area (Å²) in [6, 6.07) is 0. The molecule has 0 aromatic heterocycles. The van der Waals surface area contributed by atoms with E-state index in [1.54, 1.807) is 0 Å². The quantitative estimate of drug-likeness (QED) is 0.718. The molecule has 15 heavy (non-hydrogen) atoms. The third kappa shape index (κ3) is 4.10. The number of ether oxygens (including phenoxy) is 1. The highest BCUT2D eigenvalue weighted by Gasteiger charge is 2.20. The molecule has 0 aromatic carbocycles. The number of hydrogen-bond donors (Lipinski definition) is 0. The Morgan fingerprint density at radius 2 is 1.93 bits per heavy atom. The number of carbonyl (C=O) groups excluding carboxylic acids is 1. The van der Waals surface area contributed by atoms with Crippen LogP contribution in [-0.4, -0.2) is 30.7 Å². The molecule has 0 N–H and O–H groups in total. The van der Waals surface area contributed by atoms with Gasteiger partial charge in [0.1, 0.15) is 0 Å². The van der Waals surface area contributed by atoms with Gasteiger partial charge in [0, 0.05) is 13.1 Å². The van der Waals surface area contributed by atoms with E-state index < -0.39 is 0 Å². The Morgan fingerprint density at radius 3 is 2.47 bits per heavy atom. The third-order valence-electron chi connectivity index (χ3n) is 3.11. The van der Waals surface area contributed by atoms with Crippen LogP contribution in [0.3, 0.4) is 0 Å². The molecule has 1 saturated carbocycles. The lowest BCUT2D eigenvalue weighted by molar-refractivity contribution is 0.0992. The fourth-order valence-electron chi connectivity index (χ4n) is 2.23. The molecule has 0 aromatic rings. The minimum Gasteiger partial charge on any atom is -0.450 e. The van der Waals surface area contributed by atoms with Crippen molar-refractivity contribution in [3.05, 3.63) is 0 Å². The molecule has 0 aliphatic heterocycles. The van der Waals surface area contributed by atoms with Crippen molar-refractivity contribution in [3.8, 4) is 0 Å². The molecule has 0 radical (unpaired) electrons. The zero-order chi connectivity index (χ0) is 11.1. The maximum atomic E-state index is 11.6. The largest absolute Gasteiger partial charge is 0.450 e. The Balaban J connectivity index is 2.34. The van der Waals surface area contributed by atoms with Crippen LogP contribution in [0.15, 0.2) is 0 Å². The second-order valence-corrected chi connectivity index (χ2v) is 4.24. The van der Waals surface area contributed by atoms with Crippen LogP contribution in [0.2, 0.25) is 0 Å². The second-order valence-electron chi connectivity index (χ2n) is 4.24. The number of hydrogen-bond acceptors (Lipinski definition) is 2. The highest BCUT2D eigenvalue weighted by Crippen LogP contribution is 2.24. The van der Waals surface area contributed by atoms with Gasteiger partial charge < -0.3 is 9.64 Å². The first kappa shape index (κ1) is 12.3. The van der Waals surface area contributed by atoms with Crippen LogP contribution in [0.5, 0.6) is 0 Å². The van der Waals surface area contributed by atoms with Gasteiger partial charge in [0.05, 0.1) is 6.61 Å². The molecule has 1 rings (SSSR count). The van der Waals surface area contributed by atoms with Gasteiger partial charge in [0.15, 0.2) is 0 Å². The molecule has 1 fully saturated rings. The summed E-state index contributed by atoms with van der Waals surface area (Å²) in [7, 11) is 0. The molecule has 0 atom stereocenters. The average molecular weight is 213 g/mol. The molecule has 0 heterocycles. The zero-order valence-corrected chi connectivity index (χ0v) is 10.00. The van der Waals surface area contributed by atoms with E-state index >= 15 is 0 Å². The first-order valence-electron chi connectivity index (χ1n) is 6.19. The number of rotatable bonds is 4. The van der Waals surface area contributed by atoms with E-state index in [4.69, 9.17) is 4.74 Å². The Labute approximate surface area is 92.8 Å². The van der Waals surface area contributed by atoms with E-state index in [0.717, 1.165) is 13.1 Å². The smallest absolute Gasteiger partial charge is 0.409 e. The predicted molar refractivity (Wildman–Crippen MR) is 60.8 cm³/mol. The Kier molecular flexibility index (Phi) is 5.51. The first-order valence-corrected chi connectivity index (χ1v) is 6.19. The van der Waals surface area contributed by atoms with E-state index in [1.165, 1.54) is 32.1 Å². The highest BCUT2D eigenvalue weighted by atomic mass is 16.6. The van der Waals surface area contributed by atoms with Gasteiger partial charge in [-0.3, -0.25) is 0 Å². The van der Waals surface area contributed by atoms with Crippen molar-refractivity contribution in [3.63, 3.8) is 0 Å². The van der Waals surface area contributed by atoms with Gasteiger partial charge >= 0.3 is 6.09 Å². The molecule has 1 aliphatic carbocycles. The van der Waals surface area contributed by atoms with Crippen LogP contribution in [0.1, 0.15) is 46.0 Å². The lowest BCUT2D eigenvalue weighted by Crippen LogP contribution is -2.36. The Bertz CT molecular complexity index is 188. The summed E-state index contributed by atoms with van der Waals surface area (Å²) in [5.74, 6) is 0.697. The summed E-state index contributed by atoms with van der Waals surface area (Å²) in [5, 5.41) is 0. The van der Waals surface area contributed by atoms with Crippen LogP contribution in [0, 0.1) is 5.92 Å². The van der Waals surface area contributed by atoms with Crippen LogP contribution < -0.4 is 0 Å². The summed E-state index contributed by atoms with van der Waals surface area (Å²) in [6.07, 6.45) is 6.41. The van der Waals surface area contributed by atoms with Gasteiger partial charge in [-0.2, -0.15) is 0 Å². The molecular weight excluding hydrogens is 190 g/mol. The van der Waals surface area contributed by atoms with Crippen molar-refractivity contribution in [1.82, 2.24) is 4.90 Å². The van der Waals surface area contributed by atoms with E-state index in [0.29, 0.717) is 12.5 Å². The van der Waals surface area contributed by atoms with Crippen molar-refractivity contribution in [2.75, 3.05) is 19.7 Å². The van der Waals surface area contributed by atoms with Gasteiger partial charge in [-0.25, -0.2) is 4.79 Å². The summed E-state index contributed by atoms with van der Waals surface area (Å²) in [4.78, 5) is 13.4. The maximum Gasteiger partial charge on any atom is 0.409 e. The number of amides is 1. The fourth-order valence-corrected chi connectivity index (χ4v) is 2.23. The lowest BCUT2D eigenvalue weighted by Gasteiger charge is -2.28. The Hall–Kier alpha value is -0.730. The van der Waals surface area contributed by atoms with E-state index in [1.807, 2.05) is 18.7 Å². The average Bonchev–Trinajstić information content (AvgIpc) is 2.27. The molecule has 1 aliphatic rings. The summed E-state index contributed by atoms with van der Waals surface area (Å²) in [5.41, 5.74) is 0. The molecule has 3 nitrogen and oxygen atoms in total. The van der Waals surface area contributed by atoms with Crippen LogP contribution in [-0.2, 0) is 4.74 Å². The maximum absolute atomic E-state index is 11.6. The van der Waals surface area contributed by atoms with Gasteiger partial charge in [-0.15, -0.1) is 0 Å². The number of nitrogens with zero attached hydrogens (tertiary/aromatic N) is 1. The zero-order valence-electron chi connectivity index (χ0n) is 10.00. The third-order valence-corrected chi connectivity index (χ3v) is 3.11. The Morgan fingerprint density at radius 1 is 1.27 bits per heavy atom. The molecule has 0 bridgehead atoms. The molecule has 3 heteroatoms. The molecule has 0 saturated heterocycles. The van der Waals surface area contributed by atoms with Crippen molar-refractivity contribution < 1.29 is 9.53 Å². The molecular formula is C12H23NO2. The van der Waals surface area contributed by atoms with Crippen LogP contribution in [0.25, 0.3) is 0 Å². The van der Waals surface area contributed by atoms with Crippen LogP contribution in [0.4, 0.5) is 4.79 Å². The summed E-state index contributed by atoms with van der Waals surface area (Å²) >= 11 is 0.